The molecular weight excluding hydrogens is 425 g/mol. The van der Waals surface area contributed by atoms with Crippen molar-refractivity contribution in [2.24, 2.45) is 0 Å². The Labute approximate surface area is 181 Å². The Morgan fingerprint density at radius 3 is 2.56 bits per heavy atom. The molecule has 32 heavy (non-hydrogen) atoms. The quantitative estimate of drug-likeness (QED) is 0.620. The molecule has 1 aromatic carbocycles. The molecule has 3 heterocycles. The fraction of sp³-hybridized carbons (Fsp3) is 0.333. The minimum Gasteiger partial charge on any atom is -0.384 e. The number of anilines is 1. The second kappa shape index (κ2) is 9.05. The molecule has 1 saturated heterocycles. The summed E-state index contributed by atoms with van der Waals surface area (Å²) in [4.78, 5) is 26.2. The summed E-state index contributed by atoms with van der Waals surface area (Å²) in [6, 6.07) is 8.22. The minimum absolute atomic E-state index is 0.143. The summed E-state index contributed by atoms with van der Waals surface area (Å²) in [7, 11) is 0. The molecule has 0 spiro atoms. The van der Waals surface area contributed by atoms with Crippen LogP contribution in [0.4, 0.5) is 19.0 Å². The van der Waals surface area contributed by atoms with E-state index in [2.05, 4.69) is 20.3 Å². The Hall–Kier alpha value is -3.31. The number of aromatic nitrogens is 3. The van der Waals surface area contributed by atoms with E-state index < -0.39 is 18.0 Å². The number of hydrogen-bond acceptors (Lipinski definition) is 7. The van der Waals surface area contributed by atoms with Gasteiger partial charge in [0.2, 0.25) is 5.82 Å². The normalized spacial score (nSPS) is 16.1. The number of para-hydroxylation sites is 1. The lowest BCUT2D eigenvalue weighted by atomic mass is 10.1. The van der Waals surface area contributed by atoms with Crippen LogP contribution < -0.4 is 11.1 Å². The highest BCUT2D eigenvalue weighted by Crippen LogP contribution is 2.27. The van der Waals surface area contributed by atoms with Crippen molar-refractivity contribution < 1.29 is 22.7 Å². The number of nitrogens with two attached hydrogens (primary N) is 1. The van der Waals surface area contributed by atoms with Gasteiger partial charge in [-0.3, -0.25) is 9.69 Å². The standard InChI is InChI=1S/C21H21F3N6O2/c22-21(23,24)20-27-10-13(11-28-20)17(30-5-7-32-8-6-30)12-26-19(31)15-9-18(25)29-16-4-2-1-3-14(15)16/h1-4,9-11,17H,5-8,12H2,(H2,25,29)(H,26,31). The number of carbonyl (C=O) groups excluding carboxylic acids is 1. The number of halogens is 3. The Morgan fingerprint density at radius 1 is 1.19 bits per heavy atom. The summed E-state index contributed by atoms with van der Waals surface area (Å²) in [6.45, 7) is 2.23. The Morgan fingerprint density at radius 2 is 1.88 bits per heavy atom. The Kier molecular flexibility index (Phi) is 6.19. The third-order valence-corrected chi connectivity index (χ3v) is 5.23. The van der Waals surface area contributed by atoms with Crippen LogP contribution in [0.1, 0.15) is 27.8 Å². The molecule has 8 nitrogen and oxygen atoms in total. The van der Waals surface area contributed by atoms with Gasteiger partial charge in [0.15, 0.2) is 0 Å². The van der Waals surface area contributed by atoms with E-state index in [4.69, 9.17) is 10.5 Å². The monoisotopic (exact) mass is 446 g/mol. The van der Waals surface area contributed by atoms with Gasteiger partial charge in [-0.2, -0.15) is 13.2 Å². The van der Waals surface area contributed by atoms with Gasteiger partial charge in [-0.1, -0.05) is 18.2 Å². The Balaban J connectivity index is 1.57. The van der Waals surface area contributed by atoms with E-state index in [-0.39, 0.29) is 18.3 Å². The number of rotatable bonds is 5. The first-order chi connectivity index (χ1) is 15.3. The first-order valence-corrected chi connectivity index (χ1v) is 9.97. The predicted molar refractivity (Wildman–Crippen MR) is 111 cm³/mol. The van der Waals surface area contributed by atoms with Gasteiger partial charge in [0, 0.05) is 43.0 Å². The number of alkyl halides is 3. The van der Waals surface area contributed by atoms with Gasteiger partial charge in [-0.05, 0) is 12.1 Å². The molecule has 3 aromatic rings. The molecule has 1 aliphatic heterocycles. The maximum absolute atomic E-state index is 13.0. The van der Waals surface area contributed by atoms with Gasteiger partial charge < -0.3 is 15.8 Å². The van der Waals surface area contributed by atoms with Crippen LogP contribution in [0, 0.1) is 0 Å². The topological polar surface area (TPSA) is 106 Å². The zero-order chi connectivity index (χ0) is 22.7. The molecule has 0 aliphatic carbocycles. The van der Waals surface area contributed by atoms with Crippen molar-refractivity contribution in [3.8, 4) is 0 Å². The van der Waals surface area contributed by atoms with Crippen molar-refractivity contribution in [1.82, 2.24) is 25.2 Å². The molecule has 1 aliphatic rings. The predicted octanol–water partition coefficient (Wildman–Crippen LogP) is 2.43. The third kappa shape index (κ3) is 4.78. The fourth-order valence-corrected chi connectivity index (χ4v) is 3.67. The van der Waals surface area contributed by atoms with Gasteiger partial charge in [0.05, 0.1) is 30.3 Å². The smallest absolute Gasteiger partial charge is 0.384 e. The summed E-state index contributed by atoms with van der Waals surface area (Å²) in [5, 5.41) is 3.53. The Bertz CT molecular complexity index is 1100. The number of nitrogen functional groups attached to an aromatic ring is 1. The van der Waals surface area contributed by atoms with E-state index in [0.29, 0.717) is 48.3 Å². The van der Waals surface area contributed by atoms with E-state index in [9.17, 15) is 18.0 Å². The van der Waals surface area contributed by atoms with Crippen LogP contribution in [0.5, 0.6) is 0 Å². The molecule has 0 bridgehead atoms. The summed E-state index contributed by atoms with van der Waals surface area (Å²) in [5.74, 6) is -1.35. The van der Waals surface area contributed by atoms with Crippen LogP contribution in [-0.4, -0.2) is 58.6 Å². The van der Waals surface area contributed by atoms with Crippen molar-refractivity contribution in [3.63, 3.8) is 0 Å². The zero-order valence-corrected chi connectivity index (χ0v) is 17.0. The highest BCUT2D eigenvalue weighted by atomic mass is 19.4. The van der Waals surface area contributed by atoms with Crippen molar-refractivity contribution in [2.45, 2.75) is 12.2 Å². The number of nitrogens with one attached hydrogen (secondary N) is 1. The molecule has 1 unspecified atom stereocenters. The largest absolute Gasteiger partial charge is 0.451 e. The number of fused-ring (bicyclic) bond motifs is 1. The number of nitrogens with zero attached hydrogens (tertiary/aromatic N) is 4. The zero-order valence-electron chi connectivity index (χ0n) is 17.0. The second-order valence-corrected chi connectivity index (χ2v) is 7.32. The summed E-state index contributed by atoms with van der Waals surface area (Å²) in [5.41, 5.74) is 7.29. The van der Waals surface area contributed by atoms with E-state index >= 15 is 0 Å². The summed E-state index contributed by atoms with van der Waals surface area (Å²) >= 11 is 0. The third-order valence-electron chi connectivity index (χ3n) is 5.23. The number of hydrogen-bond donors (Lipinski definition) is 2. The van der Waals surface area contributed by atoms with Crippen LogP contribution in [-0.2, 0) is 10.9 Å². The minimum atomic E-state index is -4.62. The molecule has 1 fully saturated rings. The lowest BCUT2D eigenvalue weighted by Gasteiger charge is -2.34. The summed E-state index contributed by atoms with van der Waals surface area (Å²) < 4.78 is 43.9. The van der Waals surface area contributed by atoms with Crippen LogP contribution in [0.15, 0.2) is 42.7 Å². The van der Waals surface area contributed by atoms with Gasteiger partial charge in [-0.25, -0.2) is 15.0 Å². The molecule has 0 saturated carbocycles. The molecule has 168 valence electrons. The first kappa shape index (κ1) is 21.9. The molecule has 1 atom stereocenters. The maximum Gasteiger partial charge on any atom is 0.451 e. The number of carbonyl (C=O) groups is 1. The van der Waals surface area contributed by atoms with E-state index in [1.165, 1.54) is 6.07 Å². The molecular formula is C21H21F3N6O2. The number of amides is 1. The summed E-state index contributed by atoms with van der Waals surface area (Å²) in [6.07, 6.45) is -2.31. The van der Waals surface area contributed by atoms with E-state index in [1.807, 2.05) is 4.90 Å². The lowest BCUT2D eigenvalue weighted by molar-refractivity contribution is -0.145. The average Bonchev–Trinajstić information content (AvgIpc) is 2.79. The molecule has 3 N–H and O–H groups in total. The van der Waals surface area contributed by atoms with E-state index in [1.54, 1.807) is 24.3 Å². The van der Waals surface area contributed by atoms with Crippen LogP contribution in [0.3, 0.4) is 0 Å². The highest BCUT2D eigenvalue weighted by molar-refractivity contribution is 6.06. The van der Waals surface area contributed by atoms with Crippen molar-refractivity contribution >= 4 is 22.6 Å². The number of benzene rings is 1. The first-order valence-electron chi connectivity index (χ1n) is 9.97. The molecule has 0 radical (unpaired) electrons. The lowest BCUT2D eigenvalue weighted by Crippen LogP contribution is -2.44. The van der Waals surface area contributed by atoms with Crippen molar-refractivity contribution in [3.05, 3.63) is 59.7 Å². The fourth-order valence-electron chi connectivity index (χ4n) is 3.67. The maximum atomic E-state index is 13.0. The molecule has 4 rings (SSSR count). The van der Waals surface area contributed by atoms with Crippen LogP contribution in [0.2, 0.25) is 0 Å². The molecule has 11 heteroatoms. The SMILES string of the molecule is Nc1cc(C(=O)NCC(c2cnc(C(F)(F)F)nc2)N2CCOCC2)c2ccccc2n1. The van der Waals surface area contributed by atoms with Gasteiger partial charge in [0.25, 0.3) is 5.91 Å². The van der Waals surface area contributed by atoms with Crippen molar-refractivity contribution in [2.75, 3.05) is 38.6 Å². The van der Waals surface area contributed by atoms with Gasteiger partial charge in [-0.15, -0.1) is 0 Å². The second-order valence-electron chi connectivity index (χ2n) is 7.32. The van der Waals surface area contributed by atoms with Crippen LogP contribution in [0.25, 0.3) is 10.9 Å². The number of morpholine rings is 1. The van der Waals surface area contributed by atoms with Crippen molar-refractivity contribution in [1.29, 1.82) is 0 Å². The average molecular weight is 446 g/mol. The molecule has 2 aromatic heterocycles. The van der Waals surface area contributed by atoms with Gasteiger partial charge in [0.1, 0.15) is 5.82 Å². The van der Waals surface area contributed by atoms with Gasteiger partial charge >= 0.3 is 6.18 Å². The number of ether oxygens (including phenoxy) is 1. The van der Waals surface area contributed by atoms with E-state index in [0.717, 1.165) is 12.4 Å². The highest BCUT2D eigenvalue weighted by Gasteiger charge is 2.35. The molecule has 1 amide bonds. The van der Waals surface area contributed by atoms with Crippen LogP contribution >= 0.6 is 0 Å². The number of pyridine rings is 1.